The maximum atomic E-state index is 4.96. The number of pyridine rings is 1. The topological polar surface area (TPSA) is 12.9 Å². The van der Waals surface area contributed by atoms with Crippen LogP contribution in [0.15, 0.2) is 194 Å². The number of hydrogen-bond donors (Lipinski definition) is 0. The Bertz CT molecular complexity index is 2850. The number of para-hydroxylation sites is 1. The zero-order chi connectivity index (χ0) is 35.0. The van der Waals surface area contributed by atoms with E-state index in [2.05, 4.69) is 196 Å². The lowest BCUT2D eigenvalue weighted by Gasteiger charge is -2.17. The van der Waals surface area contributed by atoms with Gasteiger partial charge in [0, 0.05) is 10.9 Å². The quantitative estimate of drug-likeness (QED) is 0.161. The first-order chi connectivity index (χ1) is 25.6. The average molecular weight is 664 g/mol. The maximum Gasteiger partial charge on any atom is 0.0709 e. The fourth-order valence-corrected chi connectivity index (χ4v) is 7.46. The Morgan fingerprint density at radius 1 is 0.423 bits per heavy atom. The van der Waals surface area contributed by atoms with Crippen LogP contribution < -0.4 is 0 Å². The molecule has 0 spiro atoms. The summed E-state index contributed by atoms with van der Waals surface area (Å²) in [6.07, 6.45) is 2.40. The van der Waals surface area contributed by atoms with Crippen molar-refractivity contribution < 1.29 is 0 Å². The molecule has 0 atom stereocenters. The van der Waals surface area contributed by atoms with Gasteiger partial charge in [0.05, 0.1) is 11.2 Å². The standard InChI is InChI=1S/C51H37N/c1-34(2)47(37-21-23-39(24-22-37)51-28-27-38-13-8-10-18-50(38)52-51)33-48(43-25-19-35-11-3-5-14-40(35)29-43)45-31-42-16-7-9-17-46(42)49(32-45)44-26-20-36-12-4-6-15-41(36)30-44/h3-33H,1-2H3/b48-33-. The highest BCUT2D eigenvalue weighted by atomic mass is 14.7. The Hall–Kier alpha value is -6.57. The van der Waals surface area contributed by atoms with E-state index in [9.17, 15) is 0 Å². The van der Waals surface area contributed by atoms with Gasteiger partial charge in [0.2, 0.25) is 0 Å². The van der Waals surface area contributed by atoms with Crippen LogP contribution >= 0.6 is 0 Å². The van der Waals surface area contributed by atoms with Crippen molar-refractivity contribution in [2.45, 2.75) is 13.8 Å². The summed E-state index contributed by atoms with van der Waals surface area (Å²) in [5, 5.41) is 8.58. The predicted molar refractivity (Wildman–Crippen MR) is 223 cm³/mol. The minimum absolute atomic E-state index is 0.980. The zero-order valence-corrected chi connectivity index (χ0v) is 29.3. The first-order valence-corrected chi connectivity index (χ1v) is 17.9. The lowest BCUT2D eigenvalue weighted by molar-refractivity contribution is 1.38. The molecule has 0 aliphatic heterocycles. The van der Waals surface area contributed by atoms with Crippen molar-refractivity contribution in [3.8, 4) is 22.4 Å². The van der Waals surface area contributed by atoms with E-state index in [4.69, 9.17) is 4.98 Å². The van der Waals surface area contributed by atoms with E-state index < -0.39 is 0 Å². The number of aromatic nitrogens is 1. The molecule has 9 rings (SSSR count). The van der Waals surface area contributed by atoms with Crippen LogP contribution in [-0.4, -0.2) is 4.98 Å². The van der Waals surface area contributed by atoms with Gasteiger partial charge in [-0.1, -0.05) is 151 Å². The van der Waals surface area contributed by atoms with Gasteiger partial charge in [0.1, 0.15) is 0 Å². The third-order valence-electron chi connectivity index (χ3n) is 10.2. The van der Waals surface area contributed by atoms with Crippen molar-refractivity contribution in [1.82, 2.24) is 4.98 Å². The Kier molecular flexibility index (Phi) is 8.02. The van der Waals surface area contributed by atoms with E-state index in [1.165, 1.54) is 76.9 Å². The van der Waals surface area contributed by atoms with Crippen molar-refractivity contribution in [3.63, 3.8) is 0 Å². The summed E-state index contributed by atoms with van der Waals surface area (Å²) in [6.45, 7) is 4.42. The third-order valence-corrected chi connectivity index (χ3v) is 10.2. The lowest BCUT2D eigenvalue weighted by atomic mass is 9.87. The van der Waals surface area contributed by atoms with Gasteiger partial charge in [-0.25, -0.2) is 4.98 Å². The molecule has 1 nitrogen and oxygen atoms in total. The summed E-state index contributed by atoms with van der Waals surface area (Å²) in [7, 11) is 0. The van der Waals surface area contributed by atoms with Gasteiger partial charge in [-0.15, -0.1) is 0 Å². The summed E-state index contributed by atoms with van der Waals surface area (Å²) < 4.78 is 0. The molecule has 1 heteroatoms. The lowest BCUT2D eigenvalue weighted by Crippen LogP contribution is -1.94. The van der Waals surface area contributed by atoms with Crippen LogP contribution in [-0.2, 0) is 0 Å². The van der Waals surface area contributed by atoms with E-state index in [1.54, 1.807) is 0 Å². The fraction of sp³-hybridized carbons (Fsp3) is 0.0392. The van der Waals surface area contributed by atoms with Gasteiger partial charge >= 0.3 is 0 Å². The molecule has 0 fully saturated rings. The molecule has 0 radical (unpaired) electrons. The molecule has 8 aromatic carbocycles. The van der Waals surface area contributed by atoms with Crippen LogP contribution in [0, 0.1) is 0 Å². The van der Waals surface area contributed by atoms with Crippen molar-refractivity contribution in [2.75, 3.05) is 0 Å². The van der Waals surface area contributed by atoms with E-state index >= 15 is 0 Å². The summed E-state index contributed by atoms with van der Waals surface area (Å²) in [5.74, 6) is 0. The predicted octanol–water partition coefficient (Wildman–Crippen LogP) is 14.0. The maximum absolute atomic E-state index is 4.96. The molecule has 1 heterocycles. The van der Waals surface area contributed by atoms with Crippen LogP contribution in [0.5, 0.6) is 0 Å². The highest BCUT2D eigenvalue weighted by Crippen LogP contribution is 2.38. The van der Waals surface area contributed by atoms with E-state index in [-0.39, 0.29) is 0 Å². The molecule has 246 valence electrons. The number of allylic oxidation sites excluding steroid dienone is 3. The second-order valence-corrected chi connectivity index (χ2v) is 13.8. The molecule has 0 N–H and O–H groups in total. The van der Waals surface area contributed by atoms with Gasteiger partial charge in [0.15, 0.2) is 0 Å². The smallest absolute Gasteiger partial charge is 0.0709 e. The van der Waals surface area contributed by atoms with Crippen LogP contribution in [0.4, 0.5) is 0 Å². The molecule has 0 saturated carbocycles. The molecule has 0 saturated heterocycles. The molecule has 0 bridgehead atoms. The Labute approximate surface area is 304 Å². The van der Waals surface area contributed by atoms with Gasteiger partial charge < -0.3 is 0 Å². The monoisotopic (exact) mass is 663 g/mol. The second-order valence-electron chi connectivity index (χ2n) is 13.8. The molecular weight excluding hydrogens is 627 g/mol. The average Bonchev–Trinajstić information content (AvgIpc) is 3.20. The van der Waals surface area contributed by atoms with E-state index in [0.29, 0.717) is 0 Å². The molecule has 0 aliphatic carbocycles. The molecule has 0 amide bonds. The second kappa shape index (κ2) is 13.3. The first-order valence-electron chi connectivity index (χ1n) is 17.9. The van der Waals surface area contributed by atoms with E-state index in [1.807, 2.05) is 6.07 Å². The van der Waals surface area contributed by atoms with Crippen molar-refractivity contribution >= 4 is 54.4 Å². The van der Waals surface area contributed by atoms with E-state index in [0.717, 1.165) is 22.2 Å². The highest BCUT2D eigenvalue weighted by Gasteiger charge is 2.15. The van der Waals surface area contributed by atoms with Crippen molar-refractivity contribution in [2.24, 2.45) is 0 Å². The number of benzene rings is 8. The number of rotatable bonds is 6. The number of nitrogens with zero attached hydrogens (tertiary/aromatic N) is 1. The fourth-order valence-electron chi connectivity index (χ4n) is 7.46. The zero-order valence-electron chi connectivity index (χ0n) is 29.3. The summed E-state index contributed by atoms with van der Waals surface area (Å²) >= 11 is 0. The molecule has 52 heavy (non-hydrogen) atoms. The SMILES string of the molecule is CC(C)=C(/C=C(/c1ccc2ccccc2c1)c1cc(-c2ccc3ccccc3c2)c2ccccc2c1)c1ccc(-c2ccc3ccccc3n2)cc1. The largest absolute Gasteiger partial charge is 0.248 e. The number of fused-ring (bicyclic) bond motifs is 4. The van der Waals surface area contributed by atoms with Crippen LogP contribution in [0.25, 0.3) is 76.8 Å². The summed E-state index contributed by atoms with van der Waals surface area (Å²) in [5.41, 5.74) is 12.8. The molecule has 9 aromatic rings. The van der Waals surface area contributed by atoms with Crippen LogP contribution in [0.3, 0.4) is 0 Å². The normalized spacial score (nSPS) is 11.8. The summed E-state index contributed by atoms with van der Waals surface area (Å²) in [6, 6.07) is 65.9. The first kappa shape index (κ1) is 31.4. The molecule has 1 aromatic heterocycles. The highest BCUT2D eigenvalue weighted by molar-refractivity contribution is 6.04. The summed E-state index contributed by atoms with van der Waals surface area (Å²) in [4.78, 5) is 4.96. The van der Waals surface area contributed by atoms with Crippen molar-refractivity contribution in [3.05, 3.63) is 210 Å². The molecule has 0 aliphatic rings. The van der Waals surface area contributed by atoms with Gasteiger partial charge in [-0.05, 0) is 128 Å². The molecule has 0 unspecified atom stereocenters. The van der Waals surface area contributed by atoms with Crippen LogP contribution in [0.1, 0.15) is 30.5 Å². The van der Waals surface area contributed by atoms with Gasteiger partial charge in [0.25, 0.3) is 0 Å². The minimum Gasteiger partial charge on any atom is -0.248 e. The van der Waals surface area contributed by atoms with Gasteiger partial charge in [-0.2, -0.15) is 0 Å². The third kappa shape index (κ3) is 5.97. The molecular formula is C51H37N. The van der Waals surface area contributed by atoms with Crippen molar-refractivity contribution in [1.29, 1.82) is 0 Å². The Morgan fingerprint density at radius 3 is 1.73 bits per heavy atom. The Morgan fingerprint density at radius 2 is 0.981 bits per heavy atom. The Balaban J connectivity index is 1.22. The van der Waals surface area contributed by atoms with Gasteiger partial charge in [-0.3, -0.25) is 0 Å². The van der Waals surface area contributed by atoms with Crippen LogP contribution in [0.2, 0.25) is 0 Å². The minimum atomic E-state index is 0.980. The number of hydrogen-bond acceptors (Lipinski definition) is 1.